The largest absolute Gasteiger partial charge is 0.399 e. The molecule has 3 rings (SSSR count). The molecule has 0 bridgehead atoms. The van der Waals surface area contributed by atoms with Crippen molar-refractivity contribution in [2.45, 2.75) is 32.1 Å². The van der Waals surface area contributed by atoms with E-state index in [1.165, 1.54) is 12.8 Å². The Labute approximate surface area is 118 Å². The summed E-state index contributed by atoms with van der Waals surface area (Å²) in [5.74, 6) is 2.64. The van der Waals surface area contributed by atoms with Crippen molar-refractivity contribution in [3.8, 4) is 0 Å². The van der Waals surface area contributed by atoms with Crippen LogP contribution in [0.15, 0.2) is 28.8 Å². The molecule has 1 heterocycles. The van der Waals surface area contributed by atoms with Crippen molar-refractivity contribution in [1.29, 1.82) is 0 Å². The first kappa shape index (κ1) is 12.9. The lowest BCUT2D eigenvalue weighted by molar-refractivity contribution is 0.397. The van der Waals surface area contributed by atoms with E-state index < -0.39 is 0 Å². The van der Waals surface area contributed by atoms with Gasteiger partial charge in [0.15, 0.2) is 5.82 Å². The van der Waals surface area contributed by atoms with Gasteiger partial charge in [-0.15, -0.1) is 0 Å². The summed E-state index contributed by atoms with van der Waals surface area (Å²) in [6.45, 7) is 2.28. The van der Waals surface area contributed by atoms with Crippen molar-refractivity contribution in [1.82, 2.24) is 10.1 Å². The second kappa shape index (κ2) is 5.49. The van der Waals surface area contributed by atoms with E-state index in [1.54, 1.807) is 0 Å². The van der Waals surface area contributed by atoms with Crippen molar-refractivity contribution < 1.29 is 4.52 Å². The maximum atomic E-state index is 5.74. The Balaban J connectivity index is 1.71. The van der Waals surface area contributed by atoms with Crippen molar-refractivity contribution in [3.63, 3.8) is 0 Å². The van der Waals surface area contributed by atoms with E-state index in [1.807, 2.05) is 36.4 Å². The second-order valence-electron chi connectivity index (χ2n) is 5.61. The molecule has 1 aliphatic rings. The van der Waals surface area contributed by atoms with Gasteiger partial charge in [-0.05, 0) is 49.0 Å². The van der Waals surface area contributed by atoms with Crippen LogP contribution >= 0.6 is 0 Å². The molecule has 2 unspecified atom stereocenters. The minimum atomic E-state index is 0.461. The minimum absolute atomic E-state index is 0.461. The molecule has 4 heteroatoms. The topological polar surface area (TPSA) is 64.9 Å². The molecule has 4 nitrogen and oxygen atoms in total. The molecular formula is C16H19N3O. The zero-order chi connectivity index (χ0) is 13.9. The average Bonchev–Trinajstić information content (AvgIpc) is 3.05. The van der Waals surface area contributed by atoms with E-state index in [9.17, 15) is 0 Å². The number of nitrogen functional groups attached to an aromatic ring is 1. The van der Waals surface area contributed by atoms with Crippen molar-refractivity contribution in [2.24, 2.45) is 5.92 Å². The van der Waals surface area contributed by atoms with Crippen LogP contribution in [0.2, 0.25) is 0 Å². The molecule has 1 fully saturated rings. The minimum Gasteiger partial charge on any atom is -0.399 e. The summed E-state index contributed by atoms with van der Waals surface area (Å²) in [6, 6.07) is 7.69. The van der Waals surface area contributed by atoms with Gasteiger partial charge >= 0.3 is 0 Å². The first-order valence-corrected chi connectivity index (χ1v) is 7.08. The molecule has 0 spiro atoms. The number of benzene rings is 1. The van der Waals surface area contributed by atoms with E-state index in [-0.39, 0.29) is 0 Å². The van der Waals surface area contributed by atoms with E-state index in [0.29, 0.717) is 11.8 Å². The highest BCUT2D eigenvalue weighted by molar-refractivity contribution is 5.67. The van der Waals surface area contributed by atoms with Crippen LogP contribution in [-0.2, 0) is 0 Å². The number of nitrogens with two attached hydrogens (primary N) is 1. The normalized spacial score (nSPS) is 22.6. The number of hydrogen-bond acceptors (Lipinski definition) is 4. The summed E-state index contributed by atoms with van der Waals surface area (Å²) in [4.78, 5) is 4.47. The molecule has 0 saturated heterocycles. The van der Waals surface area contributed by atoms with E-state index >= 15 is 0 Å². The van der Waals surface area contributed by atoms with Crippen LogP contribution in [-0.4, -0.2) is 10.1 Å². The number of anilines is 1. The molecule has 2 atom stereocenters. The molecule has 0 radical (unpaired) electrons. The van der Waals surface area contributed by atoms with Crippen LogP contribution in [0.1, 0.15) is 49.4 Å². The number of aromatic nitrogens is 2. The SMILES string of the molecule is CC1CCC(c2noc(/C=C/c3cccc(N)c3)n2)C1. The van der Waals surface area contributed by atoms with E-state index in [2.05, 4.69) is 17.1 Å². The first-order valence-electron chi connectivity index (χ1n) is 7.08. The lowest BCUT2D eigenvalue weighted by atomic mass is 10.1. The molecule has 2 aromatic rings. The van der Waals surface area contributed by atoms with Crippen LogP contribution in [0.3, 0.4) is 0 Å². The molecule has 1 saturated carbocycles. The Morgan fingerprint density at radius 2 is 2.20 bits per heavy atom. The first-order chi connectivity index (χ1) is 9.70. The fourth-order valence-electron chi connectivity index (χ4n) is 2.75. The third-order valence-electron chi connectivity index (χ3n) is 3.85. The summed E-state index contributed by atoms with van der Waals surface area (Å²) < 4.78 is 5.29. The van der Waals surface area contributed by atoms with Crippen molar-refractivity contribution >= 4 is 17.8 Å². The van der Waals surface area contributed by atoms with E-state index in [0.717, 1.165) is 29.4 Å². The number of nitrogens with zero attached hydrogens (tertiary/aromatic N) is 2. The predicted molar refractivity (Wildman–Crippen MR) is 79.8 cm³/mol. The summed E-state index contributed by atoms with van der Waals surface area (Å²) in [6.07, 6.45) is 7.36. The summed E-state index contributed by atoms with van der Waals surface area (Å²) in [7, 11) is 0. The lowest BCUT2D eigenvalue weighted by Crippen LogP contribution is -1.95. The quantitative estimate of drug-likeness (QED) is 0.862. The average molecular weight is 269 g/mol. The van der Waals surface area contributed by atoms with Crippen LogP contribution in [0.5, 0.6) is 0 Å². The van der Waals surface area contributed by atoms with Crippen molar-refractivity contribution in [2.75, 3.05) is 5.73 Å². The van der Waals surface area contributed by atoms with Gasteiger partial charge in [0.05, 0.1) is 0 Å². The Morgan fingerprint density at radius 3 is 2.95 bits per heavy atom. The van der Waals surface area contributed by atoms with Gasteiger partial charge in [-0.1, -0.05) is 24.2 Å². The molecule has 20 heavy (non-hydrogen) atoms. The van der Waals surface area contributed by atoms with Gasteiger partial charge < -0.3 is 10.3 Å². The molecule has 2 N–H and O–H groups in total. The molecule has 1 aromatic heterocycles. The van der Waals surface area contributed by atoms with Crippen LogP contribution < -0.4 is 5.73 Å². The zero-order valence-corrected chi connectivity index (χ0v) is 11.6. The maximum Gasteiger partial charge on any atom is 0.250 e. The van der Waals surface area contributed by atoms with Crippen LogP contribution in [0, 0.1) is 5.92 Å². The van der Waals surface area contributed by atoms with Gasteiger partial charge in [-0.2, -0.15) is 4.98 Å². The maximum absolute atomic E-state index is 5.74. The number of hydrogen-bond donors (Lipinski definition) is 1. The highest BCUT2D eigenvalue weighted by atomic mass is 16.5. The monoisotopic (exact) mass is 269 g/mol. The van der Waals surface area contributed by atoms with Crippen LogP contribution in [0.4, 0.5) is 5.69 Å². The second-order valence-corrected chi connectivity index (χ2v) is 5.61. The fraction of sp³-hybridized carbons (Fsp3) is 0.375. The highest BCUT2D eigenvalue weighted by Crippen LogP contribution is 2.36. The summed E-state index contributed by atoms with van der Waals surface area (Å²) in [5.41, 5.74) is 7.52. The standard InChI is InChI=1S/C16H19N3O/c1-11-5-7-13(9-11)16-18-15(20-19-16)8-6-12-3-2-4-14(17)10-12/h2-4,6,8,10-11,13H,5,7,9,17H2,1H3/b8-6+. The van der Waals surface area contributed by atoms with Crippen LogP contribution in [0.25, 0.3) is 12.2 Å². The smallest absolute Gasteiger partial charge is 0.250 e. The number of rotatable bonds is 3. The van der Waals surface area contributed by atoms with Gasteiger partial charge in [0.25, 0.3) is 5.89 Å². The Kier molecular flexibility index (Phi) is 3.54. The van der Waals surface area contributed by atoms with Gasteiger partial charge in [0.2, 0.25) is 0 Å². The third-order valence-corrected chi connectivity index (χ3v) is 3.85. The van der Waals surface area contributed by atoms with Gasteiger partial charge in [-0.25, -0.2) is 0 Å². The van der Waals surface area contributed by atoms with Gasteiger partial charge in [0, 0.05) is 17.7 Å². The molecular weight excluding hydrogens is 250 g/mol. The Bertz CT molecular complexity index is 618. The van der Waals surface area contributed by atoms with Gasteiger partial charge in [0.1, 0.15) is 0 Å². The fourth-order valence-corrected chi connectivity index (χ4v) is 2.75. The predicted octanol–water partition coefficient (Wildman–Crippen LogP) is 3.73. The lowest BCUT2D eigenvalue weighted by Gasteiger charge is -2.01. The molecule has 1 aliphatic carbocycles. The molecule has 1 aromatic carbocycles. The highest BCUT2D eigenvalue weighted by Gasteiger charge is 2.26. The third kappa shape index (κ3) is 2.90. The molecule has 0 amide bonds. The van der Waals surface area contributed by atoms with Gasteiger partial charge in [-0.3, -0.25) is 0 Å². The van der Waals surface area contributed by atoms with E-state index in [4.69, 9.17) is 10.3 Å². The molecule has 104 valence electrons. The summed E-state index contributed by atoms with van der Waals surface area (Å²) >= 11 is 0. The molecule has 0 aliphatic heterocycles. The summed E-state index contributed by atoms with van der Waals surface area (Å²) in [5, 5.41) is 4.10. The Morgan fingerprint density at radius 1 is 1.30 bits per heavy atom. The van der Waals surface area contributed by atoms with Crippen molar-refractivity contribution in [3.05, 3.63) is 41.5 Å². The zero-order valence-electron chi connectivity index (χ0n) is 11.6. The Hall–Kier alpha value is -2.10.